The molecule has 0 heterocycles. The van der Waals surface area contributed by atoms with Gasteiger partial charge in [0.15, 0.2) is 11.6 Å². The predicted octanol–water partition coefficient (Wildman–Crippen LogP) is 3.67. The van der Waals surface area contributed by atoms with Crippen LogP contribution in [0.5, 0.6) is 11.5 Å². The van der Waals surface area contributed by atoms with Crippen molar-refractivity contribution in [2.24, 2.45) is 0 Å². The van der Waals surface area contributed by atoms with Crippen LogP contribution in [-0.2, 0) is 0 Å². The zero-order valence-electron chi connectivity index (χ0n) is 8.97. The van der Waals surface area contributed by atoms with Gasteiger partial charge in [-0.15, -0.1) is 0 Å². The minimum absolute atomic E-state index is 0.203. The fourth-order valence-corrected chi connectivity index (χ4v) is 1.40. The van der Waals surface area contributed by atoms with Crippen molar-refractivity contribution in [2.75, 3.05) is 0 Å². The highest BCUT2D eigenvalue weighted by Crippen LogP contribution is 2.34. The molecule has 6 heteroatoms. The molecule has 0 aliphatic carbocycles. The normalized spacial score (nSPS) is 10.1. The molecule has 0 aliphatic rings. The van der Waals surface area contributed by atoms with E-state index in [9.17, 15) is 18.9 Å². The van der Waals surface area contributed by atoms with Gasteiger partial charge < -0.3 is 4.74 Å². The Morgan fingerprint density at radius 3 is 2.22 bits per heavy atom. The average Bonchev–Trinajstić information content (AvgIpc) is 2.31. The van der Waals surface area contributed by atoms with Gasteiger partial charge in [-0.3, -0.25) is 10.1 Å². The molecule has 0 unspecified atom stereocenters. The van der Waals surface area contributed by atoms with Crippen LogP contribution in [0.1, 0.15) is 0 Å². The van der Waals surface area contributed by atoms with Crippen molar-refractivity contribution >= 4 is 5.69 Å². The average molecular weight is 251 g/mol. The second kappa shape index (κ2) is 4.79. The van der Waals surface area contributed by atoms with Gasteiger partial charge in [-0.2, -0.15) is 4.39 Å². The van der Waals surface area contributed by atoms with E-state index in [2.05, 4.69) is 0 Å². The molecular formula is C12H7F2NO3. The Morgan fingerprint density at radius 1 is 0.944 bits per heavy atom. The first kappa shape index (κ1) is 12.0. The summed E-state index contributed by atoms with van der Waals surface area (Å²) in [5, 5.41) is 10.7. The summed E-state index contributed by atoms with van der Waals surface area (Å²) in [5.41, 5.74) is -0.819. The first-order valence-corrected chi connectivity index (χ1v) is 4.95. The summed E-state index contributed by atoms with van der Waals surface area (Å²) in [6.07, 6.45) is 0. The number of nitrogens with zero attached hydrogens (tertiary/aromatic N) is 1. The van der Waals surface area contributed by atoms with Gasteiger partial charge in [-0.05, 0) is 24.3 Å². The summed E-state index contributed by atoms with van der Waals surface area (Å²) in [4.78, 5) is 9.80. The second-order valence-corrected chi connectivity index (χ2v) is 3.38. The molecule has 92 valence electrons. The first-order valence-electron chi connectivity index (χ1n) is 4.95. The number of hydrogen-bond acceptors (Lipinski definition) is 3. The van der Waals surface area contributed by atoms with Gasteiger partial charge in [-0.25, -0.2) is 4.39 Å². The van der Waals surface area contributed by atoms with Crippen LogP contribution < -0.4 is 4.74 Å². The van der Waals surface area contributed by atoms with Gasteiger partial charge in [0.2, 0.25) is 11.6 Å². The molecule has 0 saturated carbocycles. The quantitative estimate of drug-likeness (QED) is 0.617. The number of hydrogen-bond donors (Lipinski definition) is 0. The third kappa shape index (κ3) is 2.27. The van der Waals surface area contributed by atoms with E-state index >= 15 is 0 Å². The van der Waals surface area contributed by atoms with Crippen molar-refractivity contribution in [1.82, 2.24) is 0 Å². The highest BCUT2D eigenvalue weighted by atomic mass is 19.1. The van der Waals surface area contributed by atoms with Crippen LogP contribution in [0, 0.1) is 21.7 Å². The monoisotopic (exact) mass is 251 g/mol. The standard InChI is InChI=1S/C12H7F2NO3/c13-8-4-1-2-6-10(8)18-11-7-3-5-9(14)12(11)15(16)17/h1-7H. The third-order valence-electron chi connectivity index (χ3n) is 2.19. The Morgan fingerprint density at radius 2 is 1.56 bits per heavy atom. The van der Waals surface area contributed by atoms with Gasteiger partial charge in [0, 0.05) is 0 Å². The van der Waals surface area contributed by atoms with Crippen molar-refractivity contribution < 1.29 is 18.4 Å². The number of halogens is 2. The van der Waals surface area contributed by atoms with E-state index in [1.54, 1.807) is 0 Å². The van der Waals surface area contributed by atoms with Gasteiger partial charge in [-0.1, -0.05) is 18.2 Å². The summed E-state index contributed by atoms with van der Waals surface area (Å²) >= 11 is 0. The molecule has 0 amide bonds. The number of rotatable bonds is 3. The molecule has 4 nitrogen and oxygen atoms in total. The molecule has 0 bridgehead atoms. The van der Waals surface area contributed by atoms with Gasteiger partial charge in [0.1, 0.15) is 0 Å². The summed E-state index contributed by atoms with van der Waals surface area (Å²) in [6.45, 7) is 0. The Balaban J connectivity index is 2.44. The second-order valence-electron chi connectivity index (χ2n) is 3.38. The lowest BCUT2D eigenvalue weighted by atomic mass is 10.2. The van der Waals surface area contributed by atoms with Crippen LogP contribution in [0.3, 0.4) is 0 Å². The van der Waals surface area contributed by atoms with E-state index in [0.717, 1.165) is 12.1 Å². The van der Waals surface area contributed by atoms with Crippen LogP contribution in [0.15, 0.2) is 42.5 Å². The fraction of sp³-hybridized carbons (Fsp3) is 0. The van der Waals surface area contributed by atoms with Crippen LogP contribution >= 0.6 is 0 Å². The molecule has 0 aromatic heterocycles. The SMILES string of the molecule is O=[N+]([O-])c1c(F)cccc1Oc1ccccc1F. The topological polar surface area (TPSA) is 52.4 Å². The molecule has 2 rings (SSSR count). The Labute approximate surface area is 101 Å². The Hall–Kier alpha value is -2.50. The smallest absolute Gasteiger partial charge is 0.346 e. The molecule has 18 heavy (non-hydrogen) atoms. The first-order chi connectivity index (χ1) is 8.59. The van der Waals surface area contributed by atoms with Gasteiger partial charge in [0.05, 0.1) is 4.92 Å². The van der Waals surface area contributed by atoms with Crippen molar-refractivity contribution in [1.29, 1.82) is 0 Å². The van der Waals surface area contributed by atoms with E-state index in [-0.39, 0.29) is 11.5 Å². The zero-order valence-corrected chi connectivity index (χ0v) is 8.97. The molecule has 0 N–H and O–H groups in total. The van der Waals surface area contributed by atoms with Gasteiger partial charge in [0.25, 0.3) is 0 Å². The molecule has 0 spiro atoms. The molecule has 2 aromatic carbocycles. The van der Waals surface area contributed by atoms with E-state index in [1.807, 2.05) is 0 Å². The lowest BCUT2D eigenvalue weighted by molar-refractivity contribution is -0.388. The van der Waals surface area contributed by atoms with Crippen molar-refractivity contribution in [3.8, 4) is 11.5 Å². The molecule has 0 atom stereocenters. The number of benzene rings is 2. The summed E-state index contributed by atoms with van der Waals surface area (Å²) in [6, 6.07) is 8.77. The van der Waals surface area contributed by atoms with Crippen LogP contribution in [0.4, 0.5) is 14.5 Å². The number of nitro benzene ring substituents is 1. The number of para-hydroxylation sites is 2. The minimum Gasteiger partial charge on any atom is -0.447 e. The largest absolute Gasteiger partial charge is 0.447 e. The van der Waals surface area contributed by atoms with E-state index in [0.29, 0.717) is 0 Å². The molecule has 0 fully saturated rings. The summed E-state index contributed by atoms with van der Waals surface area (Å²) in [5.74, 6) is -2.26. The number of ether oxygens (including phenoxy) is 1. The molecule has 0 radical (unpaired) electrons. The zero-order chi connectivity index (χ0) is 13.1. The maximum absolute atomic E-state index is 13.3. The number of nitro groups is 1. The lowest BCUT2D eigenvalue weighted by Gasteiger charge is -2.07. The summed E-state index contributed by atoms with van der Waals surface area (Å²) < 4.78 is 31.6. The maximum Gasteiger partial charge on any atom is 0.346 e. The van der Waals surface area contributed by atoms with Crippen LogP contribution in [0.2, 0.25) is 0 Å². The Kier molecular flexibility index (Phi) is 3.18. The van der Waals surface area contributed by atoms with Crippen LogP contribution in [0.25, 0.3) is 0 Å². The molecule has 2 aromatic rings. The Bertz CT molecular complexity index is 602. The lowest BCUT2D eigenvalue weighted by Crippen LogP contribution is -1.97. The van der Waals surface area contributed by atoms with Crippen LogP contribution in [-0.4, -0.2) is 4.92 Å². The summed E-state index contributed by atoms with van der Waals surface area (Å²) in [7, 11) is 0. The third-order valence-corrected chi connectivity index (χ3v) is 2.19. The van der Waals surface area contributed by atoms with E-state index < -0.39 is 22.2 Å². The van der Waals surface area contributed by atoms with Crippen molar-refractivity contribution in [3.63, 3.8) is 0 Å². The van der Waals surface area contributed by atoms with Crippen molar-refractivity contribution in [2.45, 2.75) is 0 Å². The molecule has 0 aliphatic heterocycles. The van der Waals surface area contributed by atoms with E-state index in [4.69, 9.17) is 4.74 Å². The highest BCUT2D eigenvalue weighted by molar-refractivity contribution is 5.49. The minimum atomic E-state index is -1.03. The molecular weight excluding hydrogens is 244 g/mol. The predicted molar refractivity (Wildman–Crippen MR) is 59.5 cm³/mol. The fourth-order valence-electron chi connectivity index (χ4n) is 1.40. The highest BCUT2D eigenvalue weighted by Gasteiger charge is 2.22. The molecule has 0 saturated heterocycles. The van der Waals surface area contributed by atoms with E-state index in [1.165, 1.54) is 30.3 Å². The van der Waals surface area contributed by atoms with Gasteiger partial charge >= 0.3 is 5.69 Å². The van der Waals surface area contributed by atoms with Crippen molar-refractivity contribution in [3.05, 3.63) is 64.2 Å². The maximum atomic E-state index is 13.3.